The average Bonchev–Trinajstić information content (AvgIpc) is 2.40. The fourth-order valence-corrected chi connectivity index (χ4v) is 2.28. The number of nitrogens with one attached hydrogen (secondary N) is 1. The van der Waals surface area contributed by atoms with Gasteiger partial charge in [0, 0.05) is 31.4 Å². The summed E-state index contributed by atoms with van der Waals surface area (Å²) in [5.41, 5.74) is 1.33. The molecule has 94 valence electrons. The number of piperazine rings is 1. The van der Waals surface area contributed by atoms with E-state index in [0.717, 1.165) is 18.5 Å². The molecule has 0 radical (unpaired) electrons. The van der Waals surface area contributed by atoms with Gasteiger partial charge in [0.25, 0.3) is 0 Å². The maximum Gasteiger partial charge on any atom is 0.237 e. The number of amides is 1. The van der Waals surface area contributed by atoms with E-state index in [2.05, 4.69) is 21.3 Å². The van der Waals surface area contributed by atoms with Crippen molar-refractivity contribution in [3.05, 3.63) is 29.6 Å². The van der Waals surface area contributed by atoms with Crippen LogP contribution >= 0.6 is 0 Å². The lowest BCUT2D eigenvalue weighted by Gasteiger charge is -2.34. The number of carbonyl (C=O) groups excluding carboxylic acids is 1. The van der Waals surface area contributed by atoms with Crippen molar-refractivity contribution in [1.82, 2.24) is 15.2 Å². The number of aromatic nitrogens is 1. The third-order valence-electron chi connectivity index (χ3n) is 3.20. The lowest BCUT2D eigenvalue weighted by molar-refractivity contribution is -0.129. The molecule has 1 unspecified atom stereocenters. The number of pyridine rings is 1. The van der Waals surface area contributed by atoms with Crippen molar-refractivity contribution in [3.63, 3.8) is 0 Å². The Morgan fingerprint density at radius 1 is 1.67 bits per heavy atom. The quantitative estimate of drug-likeness (QED) is 0.848. The van der Waals surface area contributed by atoms with Crippen molar-refractivity contribution in [3.8, 4) is 6.07 Å². The summed E-state index contributed by atoms with van der Waals surface area (Å²) in [6.45, 7) is 4.07. The van der Waals surface area contributed by atoms with Gasteiger partial charge in [-0.3, -0.25) is 9.69 Å². The van der Waals surface area contributed by atoms with E-state index in [4.69, 9.17) is 5.26 Å². The van der Waals surface area contributed by atoms with Gasteiger partial charge in [0.05, 0.1) is 6.04 Å². The first-order chi connectivity index (χ1) is 8.76. The molecule has 0 spiro atoms. The smallest absolute Gasteiger partial charge is 0.237 e. The van der Waals surface area contributed by atoms with Crippen molar-refractivity contribution in [1.29, 1.82) is 5.26 Å². The molecular weight excluding hydrogens is 228 g/mol. The zero-order chi connectivity index (χ0) is 13.0. The molecule has 0 aromatic carbocycles. The van der Waals surface area contributed by atoms with Crippen LogP contribution in [0.5, 0.6) is 0 Å². The fraction of sp³-hybridized carbons (Fsp3) is 0.462. The van der Waals surface area contributed by atoms with Gasteiger partial charge in [-0.2, -0.15) is 5.26 Å². The molecule has 2 rings (SSSR count). The SMILES string of the molecule is CCC1C(=O)NCCN1Cc1cccnc1C#N. The average molecular weight is 244 g/mol. The molecule has 1 aromatic heterocycles. The van der Waals surface area contributed by atoms with E-state index in [0.29, 0.717) is 18.8 Å². The minimum atomic E-state index is -0.106. The first kappa shape index (κ1) is 12.5. The van der Waals surface area contributed by atoms with Gasteiger partial charge in [-0.05, 0) is 12.5 Å². The van der Waals surface area contributed by atoms with Crippen LogP contribution in [0.2, 0.25) is 0 Å². The number of hydrogen-bond acceptors (Lipinski definition) is 4. The van der Waals surface area contributed by atoms with Gasteiger partial charge in [-0.15, -0.1) is 0 Å². The topological polar surface area (TPSA) is 69.0 Å². The molecule has 5 heteroatoms. The number of nitriles is 1. The summed E-state index contributed by atoms with van der Waals surface area (Å²) in [4.78, 5) is 17.9. The highest BCUT2D eigenvalue weighted by atomic mass is 16.2. The van der Waals surface area contributed by atoms with E-state index in [1.165, 1.54) is 0 Å². The Kier molecular flexibility index (Phi) is 3.90. The maximum absolute atomic E-state index is 11.7. The predicted molar refractivity (Wildman–Crippen MR) is 66.5 cm³/mol. The third kappa shape index (κ3) is 2.49. The van der Waals surface area contributed by atoms with Crippen LogP contribution in [0, 0.1) is 11.3 Å². The van der Waals surface area contributed by atoms with Gasteiger partial charge in [-0.1, -0.05) is 13.0 Å². The first-order valence-corrected chi connectivity index (χ1v) is 6.12. The second-order valence-electron chi connectivity index (χ2n) is 4.31. The third-order valence-corrected chi connectivity index (χ3v) is 3.20. The summed E-state index contributed by atoms with van der Waals surface area (Å²) >= 11 is 0. The van der Waals surface area contributed by atoms with Crippen LogP contribution in [0.15, 0.2) is 18.3 Å². The van der Waals surface area contributed by atoms with Gasteiger partial charge in [0.15, 0.2) is 0 Å². The Hall–Kier alpha value is -1.93. The standard InChI is InChI=1S/C13H16N4O/c1-2-12-13(18)16-6-7-17(12)9-10-4-3-5-15-11(10)8-14/h3-5,12H,2,6-7,9H2,1H3,(H,16,18). The Morgan fingerprint density at radius 3 is 3.22 bits per heavy atom. The summed E-state index contributed by atoms with van der Waals surface area (Å²) in [7, 11) is 0. The number of carbonyl (C=O) groups is 1. The molecule has 0 saturated carbocycles. The van der Waals surface area contributed by atoms with Gasteiger partial charge in [0.2, 0.25) is 5.91 Å². The molecule has 1 amide bonds. The Labute approximate surface area is 106 Å². The van der Waals surface area contributed by atoms with Crippen LogP contribution in [0.1, 0.15) is 24.6 Å². The number of hydrogen-bond donors (Lipinski definition) is 1. The molecule has 1 aromatic rings. The second-order valence-corrected chi connectivity index (χ2v) is 4.31. The molecule has 1 fully saturated rings. The van der Waals surface area contributed by atoms with Gasteiger partial charge in [-0.25, -0.2) is 4.98 Å². The van der Waals surface area contributed by atoms with Gasteiger partial charge < -0.3 is 5.32 Å². The Balaban J connectivity index is 2.17. The Bertz CT molecular complexity index is 480. The second kappa shape index (κ2) is 5.61. The monoisotopic (exact) mass is 244 g/mol. The minimum absolute atomic E-state index is 0.0751. The molecule has 0 bridgehead atoms. The lowest BCUT2D eigenvalue weighted by Crippen LogP contribution is -2.54. The van der Waals surface area contributed by atoms with Crippen LogP contribution in [0.4, 0.5) is 0 Å². The van der Waals surface area contributed by atoms with Gasteiger partial charge >= 0.3 is 0 Å². The fourth-order valence-electron chi connectivity index (χ4n) is 2.28. The van der Waals surface area contributed by atoms with Crippen molar-refractivity contribution in [2.45, 2.75) is 25.9 Å². The van der Waals surface area contributed by atoms with E-state index < -0.39 is 0 Å². The molecule has 5 nitrogen and oxygen atoms in total. The van der Waals surface area contributed by atoms with E-state index in [1.54, 1.807) is 6.20 Å². The molecule has 1 atom stereocenters. The largest absolute Gasteiger partial charge is 0.353 e. The van der Waals surface area contributed by atoms with Crippen LogP contribution < -0.4 is 5.32 Å². The predicted octanol–water partition coefficient (Wildman–Crippen LogP) is 0.664. The molecule has 18 heavy (non-hydrogen) atoms. The molecule has 0 aliphatic carbocycles. The van der Waals surface area contributed by atoms with Gasteiger partial charge in [0.1, 0.15) is 11.8 Å². The van der Waals surface area contributed by atoms with E-state index in [-0.39, 0.29) is 11.9 Å². The summed E-state index contributed by atoms with van der Waals surface area (Å²) in [6, 6.07) is 5.70. The highest BCUT2D eigenvalue weighted by Crippen LogP contribution is 2.14. The van der Waals surface area contributed by atoms with Crippen molar-refractivity contribution >= 4 is 5.91 Å². The summed E-state index contributed by atoms with van der Waals surface area (Å²) < 4.78 is 0. The maximum atomic E-state index is 11.7. The Morgan fingerprint density at radius 2 is 2.50 bits per heavy atom. The van der Waals surface area contributed by atoms with Crippen LogP contribution in [0.3, 0.4) is 0 Å². The summed E-state index contributed by atoms with van der Waals surface area (Å²) in [5.74, 6) is 0.0751. The van der Waals surface area contributed by atoms with Crippen LogP contribution in [-0.4, -0.2) is 34.9 Å². The zero-order valence-electron chi connectivity index (χ0n) is 10.4. The van der Waals surface area contributed by atoms with E-state index in [9.17, 15) is 4.79 Å². The molecule has 1 aliphatic heterocycles. The molecule has 1 N–H and O–H groups in total. The minimum Gasteiger partial charge on any atom is -0.353 e. The molecule has 2 heterocycles. The van der Waals surface area contributed by atoms with Crippen LogP contribution in [-0.2, 0) is 11.3 Å². The van der Waals surface area contributed by atoms with Crippen LogP contribution in [0.25, 0.3) is 0 Å². The van der Waals surface area contributed by atoms with E-state index in [1.807, 2.05) is 19.1 Å². The number of nitrogens with zero attached hydrogens (tertiary/aromatic N) is 3. The van der Waals surface area contributed by atoms with E-state index >= 15 is 0 Å². The van der Waals surface area contributed by atoms with Crippen molar-refractivity contribution in [2.24, 2.45) is 0 Å². The highest BCUT2D eigenvalue weighted by molar-refractivity contribution is 5.82. The summed E-state index contributed by atoms with van der Waals surface area (Å²) in [6.07, 6.45) is 2.39. The highest BCUT2D eigenvalue weighted by Gasteiger charge is 2.28. The summed E-state index contributed by atoms with van der Waals surface area (Å²) in [5, 5.41) is 11.9. The number of rotatable bonds is 3. The molecule has 1 saturated heterocycles. The molecule has 1 aliphatic rings. The normalized spacial score (nSPS) is 20.2. The van der Waals surface area contributed by atoms with Crippen molar-refractivity contribution in [2.75, 3.05) is 13.1 Å². The first-order valence-electron chi connectivity index (χ1n) is 6.12. The van der Waals surface area contributed by atoms with Crippen molar-refractivity contribution < 1.29 is 4.79 Å². The lowest BCUT2D eigenvalue weighted by atomic mass is 10.1. The zero-order valence-corrected chi connectivity index (χ0v) is 10.4. The molecular formula is C13H16N4O.